The highest BCUT2D eigenvalue weighted by molar-refractivity contribution is 6.33. The molecule has 3 rings (SSSR count). The van der Waals surface area contributed by atoms with Crippen LogP contribution in [0.4, 0.5) is 13.2 Å². The van der Waals surface area contributed by atoms with Gasteiger partial charge in [-0.2, -0.15) is 18.2 Å². The lowest BCUT2D eigenvalue weighted by Crippen LogP contribution is -2.31. The van der Waals surface area contributed by atoms with Gasteiger partial charge in [0.15, 0.2) is 0 Å². The lowest BCUT2D eigenvalue weighted by Gasteiger charge is -2.23. The fraction of sp³-hybridized carbons (Fsp3) is 0.250. The molecule has 0 radical (unpaired) electrons. The Bertz CT molecular complexity index is 987. The van der Waals surface area contributed by atoms with Crippen molar-refractivity contribution >= 4 is 17.5 Å². The molecule has 1 heterocycles. The maximum Gasteiger partial charge on any atom is 0.471 e. The van der Waals surface area contributed by atoms with Gasteiger partial charge in [-0.05, 0) is 24.1 Å². The zero-order valence-electron chi connectivity index (χ0n) is 15.4. The van der Waals surface area contributed by atoms with Crippen molar-refractivity contribution in [1.29, 1.82) is 0 Å². The first-order chi connectivity index (χ1) is 13.8. The Morgan fingerprint density at radius 2 is 1.83 bits per heavy atom. The Morgan fingerprint density at radius 3 is 2.41 bits per heavy atom. The van der Waals surface area contributed by atoms with E-state index in [1.807, 2.05) is 6.92 Å². The summed E-state index contributed by atoms with van der Waals surface area (Å²) in [6.45, 7) is 2.83. The molecule has 9 heteroatoms. The van der Waals surface area contributed by atoms with Crippen LogP contribution in [0.1, 0.15) is 35.2 Å². The summed E-state index contributed by atoms with van der Waals surface area (Å²) < 4.78 is 42.0. The topological polar surface area (TPSA) is 59.2 Å². The minimum Gasteiger partial charge on any atom is -0.334 e. The molecule has 0 N–H and O–H groups in total. The molecule has 1 aromatic heterocycles. The molecule has 3 aromatic rings. The predicted molar refractivity (Wildman–Crippen MR) is 101 cm³/mol. The minimum atomic E-state index is -4.69. The van der Waals surface area contributed by atoms with Gasteiger partial charge in [0.05, 0.1) is 10.6 Å². The smallest absolute Gasteiger partial charge is 0.334 e. The van der Waals surface area contributed by atoms with Gasteiger partial charge in [0, 0.05) is 18.7 Å². The van der Waals surface area contributed by atoms with E-state index in [2.05, 4.69) is 14.7 Å². The molecule has 0 atom stereocenters. The number of carbonyl (C=O) groups is 1. The second-order valence-corrected chi connectivity index (χ2v) is 6.73. The molecular weight excluding hydrogens is 407 g/mol. The molecule has 0 spiro atoms. The molecular formula is C20H17ClF3N3O2. The van der Waals surface area contributed by atoms with Gasteiger partial charge in [0.2, 0.25) is 5.82 Å². The summed E-state index contributed by atoms with van der Waals surface area (Å²) in [6, 6.07) is 13.4. The summed E-state index contributed by atoms with van der Waals surface area (Å²) in [4.78, 5) is 17.9. The lowest BCUT2D eigenvalue weighted by atomic mass is 10.1. The number of hydrogen-bond donors (Lipinski definition) is 0. The van der Waals surface area contributed by atoms with Gasteiger partial charge in [0.1, 0.15) is 0 Å². The average molecular weight is 424 g/mol. The van der Waals surface area contributed by atoms with Gasteiger partial charge < -0.3 is 9.42 Å². The first kappa shape index (κ1) is 20.9. The fourth-order valence-corrected chi connectivity index (χ4v) is 2.98. The van der Waals surface area contributed by atoms with Crippen LogP contribution in [0, 0.1) is 0 Å². The van der Waals surface area contributed by atoms with Crippen LogP contribution in [-0.2, 0) is 12.7 Å². The number of amides is 1. The summed E-state index contributed by atoms with van der Waals surface area (Å²) in [6.07, 6.45) is -3.93. The molecule has 0 fully saturated rings. The highest BCUT2D eigenvalue weighted by Gasteiger charge is 2.38. The second-order valence-electron chi connectivity index (χ2n) is 6.32. The van der Waals surface area contributed by atoms with E-state index >= 15 is 0 Å². The molecule has 0 aliphatic rings. The highest BCUT2D eigenvalue weighted by atomic mass is 35.5. The molecule has 0 saturated heterocycles. The van der Waals surface area contributed by atoms with Gasteiger partial charge in [-0.15, -0.1) is 0 Å². The molecule has 5 nitrogen and oxygen atoms in total. The number of benzene rings is 2. The van der Waals surface area contributed by atoms with Crippen molar-refractivity contribution in [3.8, 4) is 11.4 Å². The van der Waals surface area contributed by atoms with Crippen molar-refractivity contribution < 1.29 is 22.5 Å². The summed E-state index contributed by atoms with van der Waals surface area (Å²) in [7, 11) is 0. The quantitative estimate of drug-likeness (QED) is 0.528. The number of carbonyl (C=O) groups excluding carboxylic acids is 1. The maximum absolute atomic E-state index is 12.8. The van der Waals surface area contributed by atoms with Crippen LogP contribution in [-0.4, -0.2) is 27.5 Å². The van der Waals surface area contributed by atoms with Crippen LogP contribution in [0.25, 0.3) is 11.4 Å². The van der Waals surface area contributed by atoms with Crippen molar-refractivity contribution in [3.05, 3.63) is 70.6 Å². The standard InChI is InChI=1S/C20H17ClF3N3O2/c1-2-11-27(18(28)15-5-3-4-6-16(15)21)12-13-7-9-14(10-8-13)17-25-19(29-26-17)20(22,23)24/h3-10H,2,11-12H2,1H3. The summed E-state index contributed by atoms with van der Waals surface area (Å²) in [5.41, 5.74) is 1.61. The molecule has 1 amide bonds. The van der Waals surface area contributed by atoms with Gasteiger partial charge in [-0.3, -0.25) is 4.79 Å². The van der Waals surface area contributed by atoms with Crippen molar-refractivity contribution in [2.45, 2.75) is 26.1 Å². The minimum absolute atomic E-state index is 0.151. The molecule has 0 saturated carbocycles. The van der Waals surface area contributed by atoms with Gasteiger partial charge in [-0.25, -0.2) is 0 Å². The molecule has 0 aliphatic carbocycles. The number of alkyl halides is 3. The van der Waals surface area contributed by atoms with Crippen molar-refractivity contribution in [2.24, 2.45) is 0 Å². The maximum atomic E-state index is 12.8. The van der Waals surface area contributed by atoms with Crippen molar-refractivity contribution in [3.63, 3.8) is 0 Å². The van der Waals surface area contributed by atoms with Crippen LogP contribution >= 0.6 is 11.6 Å². The fourth-order valence-electron chi connectivity index (χ4n) is 2.76. The van der Waals surface area contributed by atoms with E-state index in [1.54, 1.807) is 53.4 Å². The Kier molecular flexibility index (Phi) is 6.22. The third-order valence-corrected chi connectivity index (χ3v) is 4.47. The average Bonchev–Trinajstić information content (AvgIpc) is 3.19. The van der Waals surface area contributed by atoms with Crippen LogP contribution in [0.15, 0.2) is 53.1 Å². The van der Waals surface area contributed by atoms with Crippen LogP contribution in [0.3, 0.4) is 0 Å². The number of aromatic nitrogens is 2. The summed E-state index contributed by atoms with van der Waals surface area (Å²) >= 11 is 6.14. The zero-order chi connectivity index (χ0) is 21.0. The highest BCUT2D eigenvalue weighted by Crippen LogP contribution is 2.29. The van der Waals surface area contributed by atoms with E-state index in [0.29, 0.717) is 29.2 Å². The van der Waals surface area contributed by atoms with Gasteiger partial charge >= 0.3 is 12.1 Å². The Labute approximate surface area is 170 Å². The van der Waals surface area contributed by atoms with Crippen LogP contribution < -0.4 is 0 Å². The number of rotatable bonds is 6. The molecule has 0 aliphatic heterocycles. The van der Waals surface area contributed by atoms with E-state index in [4.69, 9.17) is 11.6 Å². The van der Waals surface area contributed by atoms with Gasteiger partial charge in [-0.1, -0.05) is 60.1 Å². The van der Waals surface area contributed by atoms with Gasteiger partial charge in [0.25, 0.3) is 5.91 Å². The third-order valence-electron chi connectivity index (χ3n) is 4.14. The van der Waals surface area contributed by atoms with E-state index in [-0.39, 0.29) is 11.7 Å². The van der Waals surface area contributed by atoms with E-state index < -0.39 is 12.1 Å². The summed E-state index contributed by atoms with van der Waals surface area (Å²) in [5.74, 6) is -1.73. The predicted octanol–water partition coefficient (Wildman–Crippen LogP) is 5.46. The Hall–Kier alpha value is -2.87. The van der Waals surface area contributed by atoms with Crippen LogP contribution in [0.5, 0.6) is 0 Å². The molecule has 2 aromatic carbocycles. The second kappa shape index (κ2) is 8.65. The van der Waals surface area contributed by atoms with E-state index in [0.717, 1.165) is 12.0 Å². The Morgan fingerprint density at radius 1 is 1.14 bits per heavy atom. The van der Waals surface area contributed by atoms with Crippen molar-refractivity contribution in [1.82, 2.24) is 15.0 Å². The Balaban J connectivity index is 1.77. The normalized spacial score (nSPS) is 11.5. The molecule has 0 unspecified atom stereocenters. The number of nitrogens with zero attached hydrogens (tertiary/aromatic N) is 3. The van der Waals surface area contributed by atoms with Crippen LogP contribution in [0.2, 0.25) is 5.02 Å². The lowest BCUT2D eigenvalue weighted by molar-refractivity contribution is -0.159. The summed E-state index contributed by atoms with van der Waals surface area (Å²) in [5, 5.41) is 3.75. The first-order valence-corrected chi connectivity index (χ1v) is 9.21. The van der Waals surface area contributed by atoms with Crippen molar-refractivity contribution in [2.75, 3.05) is 6.54 Å². The molecule has 152 valence electrons. The largest absolute Gasteiger partial charge is 0.471 e. The monoisotopic (exact) mass is 423 g/mol. The van der Waals surface area contributed by atoms with E-state index in [9.17, 15) is 18.0 Å². The molecule has 29 heavy (non-hydrogen) atoms. The SMILES string of the molecule is CCCN(Cc1ccc(-c2noc(C(F)(F)F)n2)cc1)C(=O)c1ccccc1Cl. The first-order valence-electron chi connectivity index (χ1n) is 8.83. The third kappa shape index (κ3) is 4.95. The number of hydrogen-bond acceptors (Lipinski definition) is 4. The number of halogens is 4. The van der Waals surface area contributed by atoms with E-state index in [1.165, 1.54) is 0 Å². The zero-order valence-corrected chi connectivity index (χ0v) is 16.2. The molecule has 0 bridgehead atoms.